The van der Waals surface area contributed by atoms with Crippen LogP contribution in [0.4, 0.5) is 0 Å². The van der Waals surface area contributed by atoms with Gasteiger partial charge in [-0.3, -0.25) is 4.79 Å². The molecule has 0 aliphatic carbocycles. The molecular formula is C17H25ClN4O2. The SMILES string of the molecule is CCCC(C)(N)C(=O)NC(C)c1noc(Cc2ccccc2)n1.Cl. The predicted octanol–water partition coefficient (Wildman–Crippen LogP) is 2.78. The molecule has 0 radical (unpaired) electrons. The third kappa shape index (κ3) is 5.32. The van der Waals surface area contributed by atoms with E-state index in [-0.39, 0.29) is 24.4 Å². The normalized spacial score (nSPS) is 14.3. The average molecular weight is 353 g/mol. The Morgan fingerprint density at radius 1 is 1.38 bits per heavy atom. The van der Waals surface area contributed by atoms with Gasteiger partial charge in [0.05, 0.1) is 18.0 Å². The van der Waals surface area contributed by atoms with E-state index < -0.39 is 5.54 Å². The van der Waals surface area contributed by atoms with Crippen molar-refractivity contribution in [1.82, 2.24) is 15.5 Å². The number of amides is 1. The summed E-state index contributed by atoms with van der Waals surface area (Å²) in [5, 5.41) is 6.80. The summed E-state index contributed by atoms with van der Waals surface area (Å²) in [6.45, 7) is 5.55. The largest absolute Gasteiger partial charge is 0.345 e. The maximum Gasteiger partial charge on any atom is 0.240 e. The highest BCUT2D eigenvalue weighted by molar-refractivity contribution is 5.86. The van der Waals surface area contributed by atoms with Gasteiger partial charge in [-0.2, -0.15) is 4.98 Å². The highest BCUT2D eigenvalue weighted by atomic mass is 35.5. The van der Waals surface area contributed by atoms with Gasteiger partial charge in [-0.15, -0.1) is 12.4 Å². The molecular weight excluding hydrogens is 328 g/mol. The van der Waals surface area contributed by atoms with E-state index in [0.717, 1.165) is 12.0 Å². The molecule has 24 heavy (non-hydrogen) atoms. The lowest BCUT2D eigenvalue weighted by molar-refractivity contribution is -0.126. The lowest BCUT2D eigenvalue weighted by atomic mass is 9.96. The van der Waals surface area contributed by atoms with Crippen LogP contribution in [0.1, 0.15) is 56.9 Å². The molecule has 1 amide bonds. The van der Waals surface area contributed by atoms with Crippen LogP contribution in [-0.4, -0.2) is 21.6 Å². The molecule has 2 unspecified atom stereocenters. The monoisotopic (exact) mass is 352 g/mol. The smallest absolute Gasteiger partial charge is 0.240 e. The number of nitrogens with two attached hydrogens (primary N) is 1. The molecule has 3 N–H and O–H groups in total. The van der Waals surface area contributed by atoms with Crippen LogP contribution < -0.4 is 11.1 Å². The predicted molar refractivity (Wildman–Crippen MR) is 94.9 cm³/mol. The summed E-state index contributed by atoms with van der Waals surface area (Å²) in [4.78, 5) is 16.6. The number of hydrogen-bond donors (Lipinski definition) is 2. The number of rotatable bonds is 7. The van der Waals surface area contributed by atoms with E-state index in [9.17, 15) is 4.79 Å². The van der Waals surface area contributed by atoms with Gasteiger partial charge in [-0.25, -0.2) is 0 Å². The molecule has 1 aromatic carbocycles. The van der Waals surface area contributed by atoms with Crippen molar-refractivity contribution in [1.29, 1.82) is 0 Å². The lowest BCUT2D eigenvalue weighted by Crippen LogP contribution is -2.52. The molecule has 0 spiro atoms. The third-order valence-corrected chi connectivity index (χ3v) is 3.70. The van der Waals surface area contributed by atoms with Crippen molar-refractivity contribution in [2.45, 2.75) is 51.6 Å². The van der Waals surface area contributed by atoms with Gasteiger partial charge in [0.2, 0.25) is 11.8 Å². The molecule has 2 atom stereocenters. The van der Waals surface area contributed by atoms with Crippen molar-refractivity contribution >= 4 is 18.3 Å². The van der Waals surface area contributed by atoms with Gasteiger partial charge in [0.1, 0.15) is 0 Å². The highest BCUT2D eigenvalue weighted by Gasteiger charge is 2.29. The number of nitrogens with one attached hydrogen (secondary N) is 1. The van der Waals surface area contributed by atoms with Crippen molar-refractivity contribution in [2.24, 2.45) is 5.73 Å². The highest BCUT2D eigenvalue weighted by Crippen LogP contribution is 2.14. The summed E-state index contributed by atoms with van der Waals surface area (Å²) >= 11 is 0. The Morgan fingerprint density at radius 2 is 2.04 bits per heavy atom. The Hall–Kier alpha value is -1.92. The molecule has 0 fully saturated rings. The van der Waals surface area contributed by atoms with Crippen LogP contribution in [0, 0.1) is 0 Å². The first-order chi connectivity index (χ1) is 10.9. The second-order valence-corrected chi connectivity index (χ2v) is 6.07. The van der Waals surface area contributed by atoms with Crippen LogP contribution in [0.25, 0.3) is 0 Å². The Balaban J connectivity index is 0.00000288. The fourth-order valence-electron chi connectivity index (χ4n) is 2.35. The summed E-state index contributed by atoms with van der Waals surface area (Å²) in [5.41, 5.74) is 6.23. The zero-order valence-corrected chi connectivity index (χ0v) is 15.1. The average Bonchev–Trinajstić information content (AvgIpc) is 2.96. The van der Waals surface area contributed by atoms with E-state index in [1.165, 1.54) is 0 Å². The van der Waals surface area contributed by atoms with Gasteiger partial charge < -0.3 is 15.6 Å². The first-order valence-corrected chi connectivity index (χ1v) is 7.88. The van der Waals surface area contributed by atoms with Crippen molar-refractivity contribution in [3.63, 3.8) is 0 Å². The fourth-order valence-corrected chi connectivity index (χ4v) is 2.35. The molecule has 0 saturated heterocycles. The van der Waals surface area contributed by atoms with Gasteiger partial charge in [0, 0.05) is 0 Å². The first kappa shape index (κ1) is 20.1. The van der Waals surface area contributed by atoms with Gasteiger partial charge in [-0.1, -0.05) is 48.8 Å². The summed E-state index contributed by atoms with van der Waals surface area (Å²) in [6, 6.07) is 9.53. The summed E-state index contributed by atoms with van der Waals surface area (Å²) in [5.74, 6) is 0.772. The quantitative estimate of drug-likeness (QED) is 0.799. The molecule has 1 heterocycles. The number of carbonyl (C=O) groups excluding carboxylic acids is 1. The molecule has 132 valence electrons. The van der Waals surface area contributed by atoms with Crippen LogP contribution in [0.5, 0.6) is 0 Å². The van der Waals surface area contributed by atoms with Crippen LogP contribution in [-0.2, 0) is 11.2 Å². The van der Waals surface area contributed by atoms with E-state index >= 15 is 0 Å². The van der Waals surface area contributed by atoms with Crippen molar-refractivity contribution in [3.8, 4) is 0 Å². The lowest BCUT2D eigenvalue weighted by Gasteiger charge is -2.24. The van der Waals surface area contributed by atoms with E-state index in [4.69, 9.17) is 10.3 Å². The second kappa shape index (κ2) is 8.80. The molecule has 0 aliphatic rings. The van der Waals surface area contributed by atoms with Crippen molar-refractivity contribution in [3.05, 3.63) is 47.6 Å². The van der Waals surface area contributed by atoms with Gasteiger partial charge in [-0.05, 0) is 25.8 Å². The van der Waals surface area contributed by atoms with Crippen molar-refractivity contribution < 1.29 is 9.32 Å². The second-order valence-electron chi connectivity index (χ2n) is 6.07. The summed E-state index contributed by atoms with van der Waals surface area (Å²) in [6.07, 6.45) is 2.04. The molecule has 0 aliphatic heterocycles. The van der Waals surface area contributed by atoms with Crippen LogP contribution in [0.15, 0.2) is 34.9 Å². The molecule has 0 saturated carbocycles. The maximum atomic E-state index is 12.2. The molecule has 1 aromatic heterocycles. The standard InChI is InChI=1S/C17H24N4O2.ClH/c1-4-10-17(3,18)16(22)19-12(2)15-20-14(23-21-15)11-13-8-6-5-7-9-13;/h5-9,12H,4,10-11,18H2,1-3H3,(H,19,22);1H. The zero-order valence-electron chi connectivity index (χ0n) is 14.3. The van der Waals surface area contributed by atoms with E-state index in [2.05, 4.69) is 15.5 Å². The molecule has 2 rings (SSSR count). The number of halogens is 1. The number of carbonyl (C=O) groups is 1. The van der Waals surface area contributed by atoms with Crippen molar-refractivity contribution in [2.75, 3.05) is 0 Å². The summed E-state index contributed by atoms with van der Waals surface area (Å²) in [7, 11) is 0. The van der Waals surface area contributed by atoms with E-state index in [1.807, 2.05) is 44.2 Å². The third-order valence-electron chi connectivity index (χ3n) is 3.70. The number of benzene rings is 1. The van der Waals surface area contributed by atoms with Gasteiger partial charge >= 0.3 is 0 Å². The Bertz CT molecular complexity index is 643. The first-order valence-electron chi connectivity index (χ1n) is 7.88. The fraction of sp³-hybridized carbons (Fsp3) is 0.471. The molecule has 7 heteroatoms. The molecule has 2 aromatic rings. The Morgan fingerprint density at radius 3 is 2.67 bits per heavy atom. The number of nitrogens with zero attached hydrogens (tertiary/aromatic N) is 2. The van der Waals surface area contributed by atoms with Gasteiger partial charge in [0.25, 0.3) is 0 Å². The Labute approximate surface area is 148 Å². The number of aromatic nitrogens is 2. The minimum Gasteiger partial charge on any atom is -0.345 e. The van der Waals surface area contributed by atoms with E-state index in [1.54, 1.807) is 6.92 Å². The maximum absolute atomic E-state index is 12.2. The topological polar surface area (TPSA) is 94.0 Å². The zero-order chi connectivity index (χ0) is 16.9. The van der Waals surface area contributed by atoms with Crippen LogP contribution in [0.2, 0.25) is 0 Å². The van der Waals surface area contributed by atoms with Gasteiger partial charge in [0.15, 0.2) is 5.82 Å². The number of hydrogen-bond acceptors (Lipinski definition) is 5. The molecule has 6 nitrogen and oxygen atoms in total. The van der Waals surface area contributed by atoms with E-state index in [0.29, 0.717) is 24.6 Å². The summed E-state index contributed by atoms with van der Waals surface area (Å²) < 4.78 is 5.26. The van der Waals surface area contributed by atoms with Crippen LogP contribution >= 0.6 is 12.4 Å². The molecule has 0 bridgehead atoms. The Kier molecular flexibility index (Phi) is 7.38. The van der Waals surface area contributed by atoms with Crippen LogP contribution in [0.3, 0.4) is 0 Å². The minimum absolute atomic E-state index is 0. The minimum atomic E-state index is -0.889.